The van der Waals surface area contributed by atoms with Crippen molar-refractivity contribution in [2.24, 2.45) is 0 Å². The van der Waals surface area contributed by atoms with Gasteiger partial charge in [-0.15, -0.1) is 0 Å². The fourth-order valence-electron chi connectivity index (χ4n) is 3.08. The van der Waals surface area contributed by atoms with Crippen LogP contribution in [0.4, 0.5) is 5.69 Å². The van der Waals surface area contributed by atoms with E-state index in [2.05, 4.69) is 5.32 Å². The molecule has 1 saturated heterocycles. The van der Waals surface area contributed by atoms with Gasteiger partial charge in [-0.1, -0.05) is 29.3 Å². The first-order chi connectivity index (χ1) is 13.9. The number of nitrogens with zero attached hydrogens (tertiary/aromatic N) is 2. The number of nitrogens with one attached hydrogen (secondary N) is 1. The Kier molecular flexibility index (Phi) is 5.05. The van der Waals surface area contributed by atoms with Crippen LogP contribution in [0.3, 0.4) is 0 Å². The van der Waals surface area contributed by atoms with Crippen molar-refractivity contribution in [3.63, 3.8) is 0 Å². The number of benzene rings is 2. The summed E-state index contributed by atoms with van der Waals surface area (Å²) >= 11 is 11.2. The fraction of sp³-hybridized carbons (Fsp3) is 0.0455. The highest BCUT2D eigenvalue weighted by Crippen LogP contribution is 2.24. The molecule has 1 aliphatic heterocycles. The van der Waals surface area contributed by atoms with Crippen molar-refractivity contribution in [3.05, 3.63) is 88.7 Å². The molecule has 0 spiro atoms. The normalized spacial score (nSPS) is 15.7. The van der Waals surface area contributed by atoms with Gasteiger partial charge < -0.3 is 4.57 Å². The van der Waals surface area contributed by atoms with Crippen LogP contribution < -0.4 is 10.2 Å². The third-order valence-electron chi connectivity index (χ3n) is 4.57. The van der Waals surface area contributed by atoms with E-state index < -0.39 is 11.8 Å². The van der Waals surface area contributed by atoms with E-state index >= 15 is 0 Å². The summed E-state index contributed by atoms with van der Waals surface area (Å²) < 4.78 is 1.87. The molecule has 1 aromatic heterocycles. The van der Waals surface area contributed by atoms with Gasteiger partial charge in [-0.2, -0.15) is 0 Å². The maximum atomic E-state index is 13.1. The first-order valence-electron chi connectivity index (χ1n) is 8.85. The smallest absolute Gasteiger partial charge is 0.270 e. The number of anilines is 1. The van der Waals surface area contributed by atoms with E-state index in [-0.39, 0.29) is 10.7 Å². The van der Waals surface area contributed by atoms with Gasteiger partial charge in [0.2, 0.25) is 0 Å². The Balaban J connectivity index is 1.73. The van der Waals surface area contributed by atoms with E-state index in [4.69, 9.17) is 23.8 Å². The number of rotatable bonds is 3. The van der Waals surface area contributed by atoms with Crippen LogP contribution in [-0.2, 0) is 9.59 Å². The van der Waals surface area contributed by atoms with Crippen LogP contribution in [0.1, 0.15) is 11.3 Å². The topological polar surface area (TPSA) is 54.3 Å². The number of carbonyl (C=O) groups is 2. The molecule has 0 unspecified atom stereocenters. The lowest BCUT2D eigenvalue weighted by Crippen LogP contribution is -2.54. The molecule has 2 heterocycles. The SMILES string of the molecule is Cc1ccc(N2C(=O)C(=Cc3cccn3-c3ccc(Cl)cc3)C(=O)NC2=S)cc1. The molecule has 5 nitrogen and oxygen atoms in total. The molecule has 1 N–H and O–H groups in total. The lowest BCUT2D eigenvalue weighted by molar-refractivity contribution is -0.122. The Labute approximate surface area is 178 Å². The summed E-state index contributed by atoms with van der Waals surface area (Å²) in [7, 11) is 0. The Morgan fingerprint density at radius 3 is 2.31 bits per heavy atom. The number of thiocarbonyl (C=S) groups is 1. The van der Waals surface area contributed by atoms with E-state index in [1.807, 2.05) is 54.1 Å². The average molecular weight is 422 g/mol. The minimum atomic E-state index is -0.521. The zero-order valence-corrected chi connectivity index (χ0v) is 17.0. The molecule has 0 bridgehead atoms. The second kappa shape index (κ2) is 7.66. The molecule has 0 aliphatic carbocycles. The van der Waals surface area contributed by atoms with E-state index in [9.17, 15) is 9.59 Å². The standard InChI is InChI=1S/C22H16ClN3O2S/c1-14-4-8-17(9-5-14)26-21(28)19(20(27)24-22(26)29)13-18-3-2-12-25(18)16-10-6-15(23)7-11-16/h2-13H,1H3,(H,24,27,29). The number of hydrogen-bond acceptors (Lipinski definition) is 3. The Morgan fingerprint density at radius 2 is 1.62 bits per heavy atom. The minimum Gasteiger partial charge on any atom is -0.317 e. The number of aryl methyl sites for hydroxylation is 1. The summed E-state index contributed by atoms with van der Waals surface area (Å²) in [5, 5.41) is 3.30. The third-order valence-corrected chi connectivity index (χ3v) is 5.11. The predicted octanol–water partition coefficient (Wildman–Crippen LogP) is 4.27. The van der Waals surface area contributed by atoms with E-state index in [0.717, 1.165) is 11.3 Å². The molecular formula is C22H16ClN3O2S. The molecular weight excluding hydrogens is 406 g/mol. The van der Waals surface area contributed by atoms with E-state index in [1.165, 1.54) is 4.90 Å². The van der Waals surface area contributed by atoms with Crippen molar-refractivity contribution < 1.29 is 9.59 Å². The number of carbonyl (C=O) groups excluding carboxylic acids is 2. The van der Waals surface area contributed by atoms with Gasteiger partial charge in [0, 0.05) is 22.6 Å². The second-order valence-corrected chi connectivity index (χ2v) is 7.40. The van der Waals surface area contributed by atoms with Crippen LogP contribution in [-0.4, -0.2) is 21.5 Å². The van der Waals surface area contributed by atoms with Crippen LogP contribution in [0, 0.1) is 6.92 Å². The summed E-state index contributed by atoms with van der Waals surface area (Å²) in [4.78, 5) is 27.0. The molecule has 2 amide bonds. The zero-order valence-electron chi connectivity index (χ0n) is 15.4. The first kappa shape index (κ1) is 19.1. The molecule has 2 aromatic carbocycles. The third kappa shape index (κ3) is 3.72. The highest BCUT2D eigenvalue weighted by Gasteiger charge is 2.34. The number of hydrogen-bond donors (Lipinski definition) is 1. The van der Waals surface area contributed by atoms with Crippen LogP contribution in [0.5, 0.6) is 0 Å². The Bertz CT molecular complexity index is 1150. The minimum absolute atomic E-state index is 0.00749. The lowest BCUT2D eigenvalue weighted by Gasteiger charge is -2.29. The molecule has 29 heavy (non-hydrogen) atoms. The molecule has 0 atom stereocenters. The Morgan fingerprint density at radius 1 is 0.966 bits per heavy atom. The van der Waals surface area contributed by atoms with Gasteiger partial charge in [0.1, 0.15) is 5.57 Å². The van der Waals surface area contributed by atoms with Crippen molar-refractivity contribution >= 4 is 52.5 Å². The van der Waals surface area contributed by atoms with Crippen molar-refractivity contribution in [2.75, 3.05) is 4.90 Å². The van der Waals surface area contributed by atoms with Crippen molar-refractivity contribution in [3.8, 4) is 5.69 Å². The Hall–Kier alpha value is -3.22. The summed E-state index contributed by atoms with van der Waals surface area (Å²) in [5.41, 5.74) is 3.21. The summed E-state index contributed by atoms with van der Waals surface area (Å²) in [5.74, 6) is -0.987. The molecule has 1 aliphatic rings. The van der Waals surface area contributed by atoms with Crippen LogP contribution in [0.15, 0.2) is 72.4 Å². The van der Waals surface area contributed by atoms with Crippen molar-refractivity contribution in [2.45, 2.75) is 6.92 Å². The van der Waals surface area contributed by atoms with Gasteiger partial charge >= 0.3 is 0 Å². The van der Waals surface area contributed by atoms with Gasteiger partial charge in [-0.05, 0) is 73.7 Å². The molecule has 0 radical (unpaired) electrons. The van der Waals surface area contributed by atoms with Gasteiger partial charge in [0.15, 0.2) is 5.11 Å². The maximum absolute atomic E-state index is 13.1. The average Bonchev–Trinajstić information content (AvgIpc) is 3.15. The van der Waals surface area contributed by atoms with Crippen LogP contribution >= 0.6 is 23.8 Å². The lowest BCUT2D eigenvalue weighted by atomic mass is 10.1. The highest BCUT2D eigenvalue weighted by molar-refractivity contribution is 7.80. The van der Waals surface area contributed by atoms with E-state index in [0.29, 0.717) is 16.4 Å². The summed E-state index contributed by atoms with van der Waals surface area (Å²) in [6.07, 6.45) is 3.42. The quantitative estimate of drug-likeness (QED) is 0.390. The predicted molar refractivity (Wildman–Crippen MR) is 118 cm³/mol. The summed E-state index contributed by atoms with van der Waals surface area (Å²) in [6.45, 7) is 1.96. The van der Waals surface area contributed by atoms with Crippen molar-refractivity contribution in [1.29, 1.82) is 0 Å². The molecule has 3 aromatic rings. The molecule has 4 rings (SSSR count). The molecule has 1 fully saturated rings. The second-order valence-electron chi connectivity index (χ2n) is 6.57. The zero-order chi connectivity index (χ0) is 20.5. The van der Waals surface area contributed by atoms with Gasteiger partial charge in [0.05, 0.1) is 5.69 Å². The molecule has 144 valence electrons. The number of aromatic nitrogens is 1. The van der Waals surface area contributed by atoms with E-state index in [1.54, 1.807) is 30.3 Å². The van der Waals surface area contributed by atoms with Crippen LogP contribution in [0.2, 0.25) is 5.02 Å². The maximum Gasteiger partial charge on any atom is 0.270 e. The van der Waals surface area contributed by atoms with Crippen molar-refractivity contribution in [1.82, 2.24) is 9.88 Å². The molecule has 0 saturated carbocycles. The first-order valence-corrected chi connectivity index (χ1v) is 9.64. The van der Waals surface area contributed by atoms with Gasteiger partial charge in [-0.3, -0.25) is 19.8 Å². The van der Waals surface area contributed by atoms with Gasteiger partial charge in [-0.25, -0.2) is 0 Å². The number of halogens is 1. The summed E-state index contributed by atoms with van der Waals surface area (Å²) in [6, 6.07) is 18.3. The highest BCUT2D eigenvalue weighted by atomic mass is 35.5. The monoisotopic (exact) mass is 421 g/mol. The number of amides is 2. The molecule has 7 heteroatoms. The largest absolute Gasteiger partial charge is 0.317 e. The fourth-order valence-corrected chi connectivity index (χ4v) is 3.49. The van der Waals surface area contributed by atoms with Gasteiger partial charge in [0.25, 0.3) is 11.8 Å². The van der Waals surface area contributed by atoms with Crippen LogP contribution in [0.25, 0.3) is 11.8 Å².